The zero-order valence-corrected chi connectivity index (χ0v) is 12.1. The highest BCUT2D eigenvalue weighted by atomic mass is 79.9. The summed E-state index contributed by atoms with van der Waals surface area (Å²) >= 11 is 3.25. The quantitative estimate of drug-likeness (QED) is 0.791. The van der Waals surface area contributed by atoms with Crippen LogP contribution in [-0.2, 0) is 14.6 Å². The van der Waals surface area contributed by atoms with Gasteiger partial charge in [0.2, 0.25) is 5.91 Å². The molecule has 90 valence electrons. The van der Waals surface area contributed by atoms with E-state index in [-0.39, 0.29) is 0 Å². The molecule has 0 aliphatic heterocycles. The fourth-order valence-electron chi connectivity index (χ4n) is 0.660. The summed E-state index contributed by atoms with van der Waals surface area (Å²) in [4.78, 5) is 11.8. The first-order valence-corrected chi connectivity index (χ1v) is 7.53. The third kappa shape index (κ3) is 3.75. The van der Waals surface area contributed by atoms with E-state index in [0.717, 1.165) is 6.26 Å². The Morgan fingerprint density at radius 3 is 1.93 bits per heavy atom. The first kappa shape index (κ1) is 14.9. The Morgan fingerprint density at radius 2 is 1.67 bits per heavy atom. The molecule has 0 aromatic rings. The molecular weight excluding hydrogens is 282 g/mol. The van der Waals surface area contributed by atoms with Crippen LogP contribution in [0.15, 0.2) is 0 Å². The van der Waals surface area contributed by atoms with E-state index in [9.17, 15) is 13.2 Å². The number of sulfone groups is 1. The smallest absolute Gasteiger partial charge is 0.241 e. The van der Waals surface area contributed by atoms with Gasteiger partial charge in [0.1, 0.15) is 4.75 Å². The van der Waals surface area contributed by atoms with E-state index < -0.39 is 26.0 Å². The van der Waals surface area contributed by atoms with Crippen LogP contribution in [0.2, 0.25) is 0 Å². The minimum atomic E-state index is -3.41. The molecular formula is C9H18BrNO3S. The molecule has 15 heavy (non-hydrogen) atoms. The predicted molar refractivity (Wildman–Crippen MR) is 64.9 cm³/mol. The van der Waals surface area contributed by atoms with Crippen LogP contribution in [0, 0.1) is 0 Å². The average molecular weight is 300 g/mol. The van der Waals surface area contributed by atoms with Gasteiger partial charge in [-0.15, -0.1) is 0 Å². The topological polar surface area (TPSA) is 63.2 Å². The number of alkyl halides is 1. The Labute approximate surface area is 99.9 Å². The molecule has 0 radical (unpaired) electrons. The maximum Gasteiger partial charge on any atom is 0.241 e. The zero-order valence-electron chi connectivity index (χ0n) is 9.72. The second-order valence-corrected chi connectivity index (χ2v) is 7.88. The van der Waals surface area contributed by atoms with E-state index in [1.807, 2.05) is 13.8 Å². The van der Waals surface area contributed by atoms with E-state index in [1.54, 1.807) is 0 Å². The SMILES string of the molecule is CC(C)(CBr)NC(=O)C(C)(C)S(C)(=O)=O. The average Bonchev–Trinajstić information content (AvgIpc) is 2.01. The van der Waals surface area contributed by atoms with Crippen molar-refractivity contribution in [2.45, 2.75) is 38.0 Å². The second-order valence-electron chi connectivity index (χ2n) is 4.75. The van der Waals surface area contributed by atoms with Gasteiger partial charge in [-0.05, 0) is 27.7 Å². The van der Waals surface area contributed by atoms with E-state index in [1.165, 1.54) is 13.8 Å². The largest absolute Gasteiger partial charge is 0.349 e. The second kappa shape index (κ2) is 4.41. The lowest BCUT2D eigenvalue weighted by atomic mass is 10.1. The maximum absolute atomic E-state index is 11.8. The van der Waals surface area contributed by atoms with Gasteiger partial charge in [-0.1, -0.05) is 15.9 Å². The highest BCUT2D eigenvalue weighted by Gasteiger charge is 2.40. The molecule has 1 N–H and O–H groups in total. The standard InChI is InChI=1S/C9H18BrNO3S/c1-8(2,6-10)11-7(12)9(3,4)15(5,13)14/h6H2,1-5H3,(H,11,12). The fraction of sp³-hybridized carbons (Fsp3) is 0.889. The lowest BCUT2D eigenvalue weighted by Gasteiger charge is -2.29. The van der Waals surface area contributed by atoms with Gasteiger partial charge in [0.25, 0.3) is 0 Å². The number of carbonyl (C=O) groups excluding carboxylic acids is 1. The first-order chi connectivity index (χ1) is 6.44. The Kier molecular flexibility index (Phi) is 4.38. The maximum atomic E-state index is 11.8. The molecule has 0 aliphatic carbocycles. The summed E-state index contributed by atoms with van der Waals surface area (Å²) in [6.45, 7) is 6.44. The van der Waals surface area contributed by atoms with Crippen LogP contribution in [0.25, 0.3) is 0 Å². The summed E-state index contributed by atoms with van der Waals surface area (Å²) in [5.41, 5.74) is -0.459. The summed E-state index contributed by atoms with van der Waals surface area (Å²) in [5, 5.41) is 3.25. The molecule has 0 saturated carbocycles. The molecule has 0 aliphatic rings. The first-order valence-electron chi connectivity index (χ1n) is 4.52. The lowest BCUT2D eigenvalue weighted by Crippen LogP contribution is -2.55. The van der Waals surface area contributed by atoms with Gasteiger partial charge in [0.05, 0.1) is 0 Å². The summed E-state index contributed by atoms with van der Waals surface area (Å²) in [7, 11) is -3.41. The highest BCUT2D eigenvalue weighted by Crippen LogP contribution is 2.17. The molecule has 1 amide bonds. The summed E-state index contributed by atoms with van der Waals surface area (Å²) in [6.07, 6.45) is 1.06. The zero-order chi connectivity index (χ0) is 12.5. The number of amides is 1. The van der Waals surface area contributed by atoms with Crippen molar-refractivity contribution in [2.24, 2.45) is 0 Å². The lowest BCUT2D eigenvalue weighted by molar-refractivity contribution is -0.124. The van der Waals surface area contributed by atoms with Gasteiger partial charge in [-0.25, -0.2) is 8.42 Å². The molecule has 4 nitrogen and oxygen atoms in total. The molecule has 0 fully saturated rings. The summed E-state index contributed by atoms with van der Waals surface area (Å²) in [5.74, 6) is -0.477. The number of hydrogen-bond donors (Lipinski definition) is 1. The molecule has 0 bridgehead atoms. The molecule has 0 heterocycles. The minimum Gasteiger partial charge on any atom is -0.349 e. The van der Waals surface area contributed by atoms with Crippen molar-refractivity contribution in [3.8, 4) is 0 Å². The molecule has 0 rings (SSSR count). The Bertz CT molecular complexity index is 346. The van der Waals surface area contributed by atoms with Crippen LogP contribution >= 0.6 is 15.9 Å². The van der Waals surface area contributed by atoms with Gasteiger partial charge < -0.3 is 5.32 Å². The highest BCUT2D eigenvalue weighted by molar-refractivity contribution is 9.09. The number of rotatable bonds is 4. The van der Waals surface area contributed by atoms with Gasteiger partial charge in [0.15, 0.2) is 9.84 Å². The molecule has 0 saturated heterocycles. The van der Waals surface area contributed by atoms with Gasteiger partial charge >= 0.3 is 0 Å². The summed E-state index contributed by atoms with van der Waals surface area (Å²) in [6, 6.07) is 0. The number of carbonyl (C=O) groups is 1. The Balaban J connectivity index is 4.90. The van der Waals surface area contributed by atoms with Crippen LogP contribution in [0.3, 0.4) is 0 Å². The van der Waals surface area contributed by atoms with Crippen LogP contribution in [0.4, 0.5) is 0 Å². The Morgan fingerprint density at radius 1 is 1.27 bits per heavy atom. The fourth-order valence-corrected chi connectivity index (χ4v) is 1.19. The third-order valence-electron chi connectivity index (χ3n) is 2.26. The van der Waals surface area contributed by atoms with Crippen molar-refractivity contribution >= 4 is 31.7 Å². The van der Waals surface area contributed by atoms with Gasteiger partial charge in [-0.2, -0.15) is 0 Å². The van der Waals surface area contributed by atoms with Crippen molar-refractivity contribution in [1.29, 1.82) is 0 Å². The van der Waals surface area contributed by atoms with Gasteiger partial charge in [0, 0.05) is 17.1 Å². The molecule has 0 spiro atoms. The van der Waals surface area contributed by atoms with Gasteiger partial charge in [-0.3, -0.25) is 4.79 Å². The van der Waals surface area contributed by atoms with E-state index in [2.05, 4.69) is 21.2 Å². The molecule has 0 atom stereocenters. The van der Waals surface area contributed by atoms with Crippen molar-refractivity contribution in [1.82, 2.24) is 5.32 Å². The van der Waals surface area contributed by atoms with E-state index in [4.69, 9.17) is 0 Å². The predicted octanol–water partition coefficient (Wildman–Crippen LogP) is 1.10. The molecule has 0 unspecified atom stereocenters. The number of hydrogen-bond acceptors (Lipinski definition) is 3. The minimum absolute atomic E-state index is 0.459. The van der Waals surface area contributed by atoms with Crippen molar-refractivity contribution < 1.29 is 13.2 Å². The molecule has 0 aromatic heterocycles. The van der Waals surface area contributed by atoms with E-state index >= 15 is 0 Å². The molecule has 6 heteroatoms. The normalized spacial score (nSPS) is 13.7. The van der Waals surface area contributed by atoms with Crippen molar-refractivity contribution in [2.75, 3.05) is 11.6 Å². The van der Waals surface area contributed by atoms with Crippen LogP contribution in [0.1, 0.15) is 27.7 Å². The van der Waals surface area contributed by atoms with E-state index in [0.29, 0.717) is 5.33 Å². The number of nitrogens with one attached hydrogen (secondary N) is 1. The number of halogens is 1. The summed E-state index contributed by atoms with van der Waals surface area (Å²) < 4.78 is 21.4. The third-order valence-corrected chi connectivity index (χ3v) is 5.70. The monoisotopic (exact) mass is 299 g/mol. The van der Waals surface area contributed by atoms with Crippen molar-refractivity contribution in [3.05, 3.63) is 0 Å². The van der Waals surface area contributed by atoms with Crippen LogP contribution < -0.4 is 5.32 Å². The van der Waals surface area contributed by atoms with Crippen molar-refractivity contribution in [3.63, 3.8) is 0 Å². The van der Waals surface area contributed by atoms with Crippen LogP contribution in [0.5, 0.6) is 0 Å². The Hall–Kier alpha value is -0.100. The van der Waals surface area contributed by atoms with Crippen LogP contribution in [-0.4, -0.2) is 36.2 Å². The molecule has 0 aromatic carbocycles.